The van der Waals surface area contributed by atoms with Crippen LogP contribution in [0.15, 0.2) is 34.1 Å². The summed E-state index contributed by atoms with van der Waals surface area (Å²) in [4.78, 5) is 1.19. The Labute approximate surface area is 130 Å². The SMILES string of the molecule is CCNC(Cc1ccc(Br)s1)Cc1c(F)cccc1F. The Balaban J connectivity index is 2.13. The summed E-state index contributed by atoms with van der Waals surface area (Å²) in [6.45, 7) is 2.77. The van der Waals surface area contributed by atoms with E-state index in [1.165, 1.54) is 23.1 Å². The van der Waals surface area contributed by atoms with Crippen molar-refractivity contribution in [3.05, 3.63) is 56.2 Å². The molecule has 5 heteroatoms. The van der Waals surface area contributed by atoms with E-state index in [0.29, 0.717) is 6.42 Å². The largest absolute Gasteiger partial charge is 0.314 e. The lowest BCUT2D eigenvalue weighted by Crippen LogP contribution is -2.33. The predicted octanol–water partition coefficient (Wildman–Crippen LogP) is 4.55. The summed E-state index contributed by atoms with van der Waals surface area (Å²) in [5, 5.41) is 3.30. The van der Waals surface area contributed by atoms with Crippen molar-refractivity contribution < 1.29 is 8.78 Å². The van der Waals surface area contributed by atoms with Crippen LogP contribution in [0.1, 0.15) is 17.4 Å². The van der Waals surface area contributed by atoms with Gasteiger partial charge in [-0.25, -0.2) is 8.78 Å². The number of benzene rings is 1. The average molecular weight is 360 g/mol. The molecule has 2 aromatic rings. The highest BCUT2D eigenvalue weighted by atomic mass is 79.9. The van der Waals surface area contributed by atoms with E-state index in [2.05, 4.69) is 21.2 Å². The van der Waals surface area contributed by atoms with Crippen LogP contribution >= 0.6 is 27.3 Å². The highest BCUT2D eigenvalue weighted by Gasteiger charge is 2.16. The summed E-state index contributed by atoms with van der Waals surface area (Å²) in [6, 6.07) is 8.07. The lowest BCUT2D eigenvalue weighted by Gasteiger charge is -2.18. The van der Waals surface area contributed by atoms with Crippen molar-refractivity contribution in [3.8, 4) is 0 Å². The topological polar surface area (TPSA) is 12.0 Å². The Morgan fingerprint density at radius 1 is 1.15 bits per heavy atom. The van der Waals surface area contributed by atoms with Gasteiger partial charge in [-0.2, -0.15) is 0 Å². The van der Waals surface area contributed by atoms with Crippen LogP contribution in [0.5, 0.6) is 0 Å². The minimum atomic E-state index is -0.472. The molecule has 0 bridgehead atoms. The normalized spacial score (nSPS) is 12.6. The lowest BCUT2D eigenvalue weighted by atomic mass is 10.0. The molecule has 20 heavy (non-hydrogen) atoms. The number of rotatable bonds is 6. The van der Waals surface area contributed by atoms with E-state index >= 15 is 0 Å². The highest BCUT2D eigenvalue weighted by Crippen LogP contribution is 2.24. The van der Waals surface area contributed by atoms with Gasteiger partial charge in [0.2, 0.25) is 0 Å². The van der Waals surface area contributed by atoms with Crippen LogP contribution in [0.4, 0.5) is 8.78 Å². The van der Waals surface area contributed by atoms with Gasteiger partial charge in [0.25, 0.3) is 0 Å². The van der Waals surface area contributed by atoms with E-state index in [1.54, 1.807) is 11.3 Å². The van der Waals surface area contributed by atoms with E-state index < -0.39 is 11.6 Å². The molecule has 1 atom stereocenters. The van der Waals surface area contributed by atoms with Gasteiger partial charge in [0, 0.05) is 16.5 Å². The number of likely N-dealkylation sites (N-methyl/N-ethyl adjacent to an activating group) is 1. The van der Waals surface area contributed by atoms with Crippen LogP contribution in [-0.2, 0) is 12.8 Å². The Morgan fingerprint density at radius 2 is 1.85 bits per heavy atom. The maximum atomic E-state index is 13.7. The summed E-state index contributed by atoms with van der Waals surface area (Å²) < 4.78 is 28.5. The predicted molar refractivity (Wildman–Crippen MR) is 83.2 cm³/mol. The summed E-state index contributed by atoms with van der Waals surface area (Å²) in [5.74, 6) is -0.944. The first-order valence-electron chi connectivity index (χ1n) is 6.50. The van der Waals surface area contributed by atoms with Crippen LogP contribution in [0.25, 0.3) is 0 Å². The monoisotopic (exact) mass is 359 g/mol. The molecule has 0 radical (unpaired) electrons. The van der Waals surface area contributed by atoms with Crippen molar-refractivity contribution in [2.45, 2.75) is 25.8 Å². The smallest absolute Gasteiger partial charge is 0.129 e. The zero-order valence-corrected chi connectivity index (χ0v) is 13.5. The third-order valence-corrected chi connectivity index (χ3v) is 4.73. The lowest BCUT2D eigenvalue weighted by molar-refractivity contribution is 0.486. The molecule has 0 aliphatic carbocycles. The Hall–Kier alpha value is -0.780. The zero-order chi connectivity index (χ0) is 14.5. The maximum absolute atomic E-state index is 13.7. The second-order valence-electron chi connectivity index (χ2n) is 4.57. The number of hydrogen-bond donors (Lipinski definition) is 1. The zero-order valence-electron chi connectivity index (χ0n) is 11.1. The van der Waals surface area contributed by atoms with Gasteiger partial charge in [-0.1, -0.05) is 13.0 Å². The van der Waals surface area contributed by atoms with Gasteiger partial charge in [0.15, 0.2) is 0 Å². The van der Waals surface area contributed by atoms with Crippen LogP contribution in [-0.4, -0.2) is 12.6 Å². The third-order valence-electron chi connectivity index (χ3n) is 3.08. The van der Waals surface area contributed by atoms with Gasteiger partial charge < -0.3 is 5.32 Å². The Kier molecular flexibility index (Phi) is 5.69. The second-order valence-corrected chi connectivity index (χ2v) is 7.12. The molecule has 0 aliphatic heterocycles. The Bertz CT molecular complexity index is 551. The van der Waals surface area contributed by atoms with Gasteiger partial charge in [-0.15, -0.1) is 11.3 Å². The molecule has 108 valence electrons. The molecule has 1 heterocycles. The van der Waals surface area contributed by atoms with Crippen molar-refractivity contribution >= 4 is 27.3 Å². The Morgan fingerprint density at radius 3 is 2.40 bits per heavy atom. The van der Waals surface area contributed by atoms with Gasteiger partial charge in [-0.3, -0.25) is 0 Å². The maximum Gasteiger partial charge on any atom is 0.129 e. The molecule has 0 fully saturated rings. The van der Waals surface area contributed by atoms with E-state index in [1.807, 2.05) is 19.1 Å². The van der Waals surface area contributed by atoms with Crippen LogP contribution in [0.3, 0.4) is 0 Å². The number of thiophene rings is 1. The highest BCUT2D eigenvalue weighted by molar-refractivity contribution is 9.11. The molecular weight excluding hydrogens is 344 g/mol. The van der Waals surface area contributed by atoms with E-state index in [-0.39, 0.29) is 11.6 Å². The van der Waals surface area contributed by atoms with Crippen molar-refractivity contribution in [1.29, 1.82) is 0 Å². The van der Waals surface area contributed by atoms with Crippen molar-refractivity contribution in [2.75, 3.05) is 6.54 Å². The molecule has 0 amide bonds. The molecular formula is C15H16BrF2NS. The first-order valence-corrected chi connectivity index (χ1v) is 8.11. The molecule has 2 rings (SSSR count). The van der Waals surface area contributed by atoms with E-state index in [0.717, 1.165) is 16.8 Å². The molecule has 0 saturated carbocycles. The van der Waals surface area contributed by atoms with Crippen LogP contribution in [0.2, 0.25) is 0 Å². The molecule has 1 unspecified atom stereocenters. The third kappa shape index (κ3) is 4.11. The first kappa shape index (κ1) is 15.6. The van der Waals surface area contributed by atoms with Crippen LogP contribution < -0.4 is 5.32 Å². The van der Waals surface area contributed by atoms with E-state index in [9.17, 15) is 8.78 Å². The molecule has 1 aromatic heterocycles. The van der Waals surface area contributed by atoms with Crippen molar-refractivity contribution in [3.63, 3.8) is 0 Å². The number of nitrogens with one attached hydrogen (secondary N) is 1. The summed E-state index contributed by atoms with van der Waals surface area (Å²) in [6.07, 6.45) is 1.11. The standard InChI is InChI=1S/C15H16BrF2NS/c1-2-19-10(8-11-6-7-15(16)20-11)9-12-13(17)4-3-5-14(12)18/h3-7,10,19H,2,8-9H2,1H3. The average Bonchev–Trinajstić information content (AvgIpc) is 2.80. The molecule has 1 N–H and O–H groups in total. The van der Waals surface area contributed by atoms with Gasteiger partial charge in [0.1, 0.15) is 11.6 Å². The first-order chi connectivity index (χ1) is 9.60. The fourth-order valence-electron chi connectivity index (χ4n) is 2.18. The minimum Gasteiger partial charge on any atom is -0.314 e. The quantitative estimate of drug-likeness (QED) is 0.797. The fourth-order valence-corrected chi connectivity index (χ4v) is 3.75. The van der Waals surface area contributed by atoms with E-state index in [4.69, 9.17) is 0 Å². The summed E-state index contributed by atoms with van der Waals surface area (Å²) in [7, 11) is 0. The molecule has 1 nitrogen and oxygen atoms in total. The second kappa shape index (κ2) is 7.29. The molecule has 0 spiro atoms. The number of halogens is 3. The molecule has 0 saturated heterocycles. The molecule has 1 aromatic carbocycles. The van der Waals surface area contributed by atoms with Gasteiger partial charge >= 0.3 is 0 Å². The van der Waals surface area contributed by atoms with Gasteiger partial charge in [0.05, 0.1) is 3.79 Å². The minimum absolute atomic E-state index is 0.0250. The summed E-state index contributed by atoms with van der Waals surface area (Å²) >= 11 is 5.08. The van der Waals surface area contributed by atoms with Crippen LogP contribution in [0, 0.1) is 11.6 Å². The fraction of sp³-hybridized carbons (Fsp3) is 0.333. The molecule has 0 aliphatic rings. The number of hydrogen-bond acceptors (Lipinski definition) is 2. The summed E-state index contributed by atoms with van der Waals surface area (Å²) in [5.41, 5.74) is 0.161. The van der Waals surface area contributed by atoms with Gasteiger partial charge in [-0.05, 0) is 59.6 Å². The van der Waals surface area contributed by atoms with Crippen molar-refractivity contribution in [1.82, 2.24) is 5.32 Å². The van der Waals surface area contributed by atoms with Crippen molar-refractivity contribution in [2.24, 2.45) is 0 Å².